The summed E-state index contributed by atoms with van der Waals surface area (Å²) < 4.78 is 7.48. The quantitative estimate of drug-likeness (QED) is 0.718. The van der Waals surface area contributed by atoms with Crippen molar-refractivity contribution in [1.82, 2.24) is 14.5 Å². The Morgan fingerprint density at radius 2 is 2.03 bits per heavy atom. The van der Waals surface area contributed by atoms with Crippen LogP contribution in [-0.4, -0.2) is 45.7 Å². The average Bonchev–Trinajstić information content (AvgIpc) is 3.39. The highest BCUT2D eigenvalue weighted by Crippen LogP contribution is 2.49. The van der Waals surface area contributed by atoms with E-state index in [4.69, 9.17) is 9.72 Å². The van der Waals surface area contributed by atoms with Crippen LogP contribution in [0.15, 0.2) is 48.5 Å². The maximum absolute atomic E-state index is 12.0. The number of carboxylic acids is 1. The standard InChI is InChI=1S/C23H25N3O3/c1-29-18-10-8-17(9-11-18)26-20-7-3-2-6-19(20)24-21(26)14-25-13-16-5-4-12-23(16,15-25)22(27)28/h2-3,6-11,16H,4-5,12-15H2,1H3,(H,27,28)/t16-,23+/m0/s1. The number of ether oxygens (including phenoxy) is 1. The number of fused-ring (bicyclic) bond motifs is 2. The zero-order chi connectivity index (χ0) is 20.0. The molecule has 1 aliphatic heterocycles. The number of para-hydroxylation sites is 2. The first-order chi connectivity index (χ1) is 14.1. The third-order valence-electron chi connectivity index (χ3n) is 6.69. The maximum Gasteiger partial charge on any atom is 0.311 e. The number of likely N-dealkylation sites (tertiary alicyclic amines) is 1. The number of hydrogen-bond donors (Lipinski definition) is 1. The topological polar surface area (TPSA) is 67.6 Å². The molecule has 2 heterocycles. The van der Waals surface area contributed by atoms with Crippen molar-refractivity contribution in [2.75, 3.05) is 20.2 Å². The van der Waals surface area contributed by atoms with Gasteiger partial charge < -0.3 is 9.84 Å². The van der Waals surface area contributed by atoms with E-state index in [9.17, 15) is 9.90 Å². The Morgan fingerprint density at radius 3 is 2.76 bits per heavy atom. The Labute approximate surface area is 169 Å². The molecule has 0 spiro atoms. The van der Waals surface area contributed by atoms with Gasteiger partial charge in [-0.15, -0.1) is 0 Å². The van der Waals surface area contributed by atoms with Crippen molar-refractivity contribution >= 4 is 17.0 Å². The van der Waals surface area contributed by atoms with E-state index in [0.29, 0.717) is 13.1 Å². The molecule has 3 aromatic rings. The molecule has 150 valence electrons. The van der Waals surface area contributed by atoms with Gasteiger partial charge in [-0.2, -0.15) is 0 Å². The Bertz CT molecular complexity index is 1060. The normalized spacial score (nSPS) is 24.1. The second-order valence-electron chi connectivity index (χ2n) is 8.27. The van der Waals surface area contributed by atoms with Crippen molar-refractivity contribution in [2.45, 2.75) is 25.8 Å². The summed E-state index contributed by atoms with van der Waals surface area (Å²) in [5.41, 5.74) is 2.46. The van der Waals surface area contributed by atoms with Crippen LogP contribution < -0.4 is 4.74 Å². The molecule has 2 fully saturated rings. The lowest BCUT2D eigenvalue weighted by Gasteiger charge is -2.23. The van der Waals surface area contributed by atoms with Gasteiger partial charge in [0.15, 0.2) is 0 Å². The highest BCUT2D eigenvalue weighted by Gasteiger charge is 2.54. The van der Waals surface area contributed by atoms with Crippen LogP contribution in [-0.2, 0) is 11.3 Å². The van der Waals surface area contributed by atoms with E-state index in [0.717, 1.165) is 54.1 Å². The highest BCUT2D eigenvalue weighted by molar-refractivity contribution is 5.78. The summed E-state index contributed by atoms with van der Waals surface area (Å²) in [7, 11) is 1.66. The van der Waals surface area contributed by atoms with Gasteiger partial charge in [-0.1, -0.05) is 18.6 Å². The monoisotopic (exact) mass is 391 g/mol. The van der Waals surface area contributed by atoms with E-state index in [1.807, 2.05) is 42.5 Å². The lowest BCUT2D eigenvalue weighted by molar-refractivity contribution is -0.149. The second-order valence-corrected chi connectivity index (χ2v) is 8.27. The first kappa shape index (κ1) is 18.2. The van der Waals surface area contributed by atoms with E-state index in [1.165, 1.54) is 0 Å². The zero-order valence-electron chi connectivity index (χ0n) is 16.5. The number of aliphatic carboxylic acids is 1. The number of carbonyl (C=O) groups is 1. The third-order valence-corrected chi connectivity index (χ3v) is 6.69. The molecule has 2 aliphatic rings. The molecule has 0 amide bonds. The lowest BCUT2D eigenvalue weighted by atomic mass is 9.81. The average molecular weight is 391 g/mol. The Hall–Kier alpha value is -2.86. The predicted molar refractivity (Wildman–Crippen MR) is 110 cm³/mol. The maximum atomic E-state index is 12.0. The molecule has 0 unspecified atom stereocenters. The first-order valence-electron chi connectivity index (χ1n) is 10.2. The SMILES string of the molecule is COc1ccc(-n2c(CN3C[C@@H]4CCC[C@@]4(C(=O)O)C3)nc3ccccc32)cc1. The smallest absolute Gasteiger partial charge is 0.311 e. The van der Waals surface area contributed by atoms with Crippen molar-refractivity contribution in [3.63, 3.8) is 0 Å². The van der Waals surface area contributed by atoms with Gasteiger partial charge in [0.1, 0.15) is 11.6 Å². The summed E-state index contributed by atoms with van der Waals surface area (Å²) in [5.74, 6) is 1.37. The molecule has 5 rings (SSSR count). The summed E-state index contributed by atoms with van der Waals surface area (Å²) in [6.45, 7) is 2.09. The van der Waals surface area contributed by atoms with Crippen molar-refractivity contribution in [1.29, 1.82) is 0 Å². The Morgan fingerprint density at radius 1 is 1.24 bits per heavy atom. The van der Waals surface area contributed by atoms with Crippen LogP contribution in [0.5, 0.6) is 5.75 Å². The molecule has 1 aromatic heterocycles. The number of methoxy groups -OCH3 is 1. The van der Waals surface area contributed by atoms with Gasteiger partial charge in [0.2, 0.25) is 0 Å². The number of imidazole rings is 1. The fourth-order valence-corrected chi connectivity index (χ4v) is 5.26. The number of rotatable bonds is 5. The minimum Gasteiger partial charge on any atom is -0.497 e. The summed E-state index contributed by atoms with van der Waals surface area (Å²) in [6.07, 6.45) is 2.82. The second kappa shape index (κ2) is 6.88. The molecule has 2 aromatic carbocycles. The van der Waals surface area contributed by atoms with Crippen molar-refractivity contribution in [2.24, 2.45) is 11.3 Å². The number of benzene rings is 2. The zero-order valence-corrected chi connectivity index (χ0v) is 16.5. The van der Waals surface area contributed by atoms with Gasteiger partial charge >= 0.3 is 5.97 Å². The molecular weight excluding hydrogens is 366 g/mol. The molecule has 1 N–H and O–H groups in total. The fraction of sp³-hybridized carbons (Fsp3) is 0.391. The number of hydrogen-bond acceptors (Lipinski definition) is 4. The highest BCUT2D eigenvalue weighted by atomic mass is 16.5. The van der Waals surface area contributed by atoms with Crippen molar-refractivity contribution in [3.05, 3.63) is 54.4 Å². The predicted octanol–water partition coefficient (Wildman–Crippen LogP) is 3.72. The van der Waals surface area contributed by atoms with E-state index in [-0.39, 0.29) is 5.92 Å². The lowest BCUT2D eigenvalue weighted by Crippen LogP contribution is -2.35. The van der Waals surface area contributed by atoms with Gasteiger partial charge in [0, 0.05) is 18.8 Å². The summed E-state index contributed by atoms with van der Waals surface area (Å²) >= 11 is 0. The summed E-state index contributed by atoms with van der Waals surface area (Å²) in [5, 5.41) is 9.89. The molecule has 1 saturated heterocycles. The molecule has 0 radical (unpaired) electrons. The Balaban J connectivity index is 1.51. The van der Waals surface area contributed by atoms with Gasteiger partial charge in [-0.3, -0.25) is 14.3 Å². The number of carboxylic acid groups (broad SMARTS) is 1. The molecule has 1 aliphatic carbocycles. The molecule has 6 heteroatoms. The van der Waals surface area contributed by atoms with Gasteiger partial charge in [0.05, 0.1) is 30.1 Å². The van der Waals surface area contributed by atoms with Gasteiger partial charge in [-0.25, -0.2) is 4.98 Å². The third kappa shape index (κ3) is 2.90. The van der Waals surface area contributed by atoms with Crippen LogP contribution in [0.1, 0.15) is 25.1 Å². The largest absolute Gasteiger partial charge is 0.497 e. The molecule has 2 atom stereocenters. The fourth-order valence-electron chi connectivity index (χ4n) is 5.26. The minimum atomic E-state index is -0.633. The van der Waals surface area contributed by atoms with Crippen LogP contribution >= 0.6 is 0 Å². The van der Waals surface area contributed by atoms with Gasteiger partial charge in [0.25, 0.3) is 0 Å². The van der Waals surface area contributed by atoms with Crippen molar-refractivity contribution < 1.29 is 14.6 Å². The van der Waals surface area contributed by atoms with Gasteiger partial charge in [-0.05, 0) is 55.2 Å². The molecule has 6 nitrogen and oxygen atoms in total. The van der Waals surface area contributed by atoms with Crippen LogP contribution in [0.2, 0.25) is 0 Å². The first-order valence-corrected chi connectivity index (χ1v) is 10.2. The van der Waals surface area contributed by atoms with Crippen molar-refractivity contribution in [3.8, 4) is 11.4 Å². The Kier molecular flexibility index (Phi) is 4.32. The summed E-state index contributed by atoms with van der Waals surface area (Å²) in [4.78, 5) is 19.2. The van der Waals surface area contributed by atoms with E-state index in [1.54, 1.807) is 7.11 Å². The molecule has 29 heavy (non-hydrogen) atoms. The van der Waals surface area contributed by atoms with Crippen LogP contribution in [0, 0.1) is 11.3 Å². The molecule has 1 saturated carbocycles. The van der Waals surface area contributed by atoms with Crippen LogP contribution in [0.25, 0.3) is 16.7 Å². The van der Waals surface area contributed by atoms with Crippen LogP contribution in [0.4, 0.5) is 0 Å². The number of nitrogens with zero attached hydrogens (tertiary/aromatic N) is 3. The summed E-state index contributed by atoms with van der Waals surface area (Å²) in [6, 6.07) is 16.1. The van der Waals surface area contributed by atoms with E-state index < -0.39 is 11.4 Å². The van der Waals surface area contributed by atoms with Crippen LogP contribution in [0.3, 0.4) is 0 Å². The van der Waals surface area contributed by atoms with E-state index in [2.05, 4.69) is 15.5 Å². The molecule has 0 bridgehead atoms. The van der Waals surface area contributed by atoms with E-state index >= 15 is 0 Å². The minimum absolute atomic E-state index is 0.249. The number of aromatic nitrogens is 2. The molecular formula is C23H25N3O3.